The molecule has 3 rings (SSSR count). The van der Waals surface area contributed by atoms with Gasteiger partial charge in [-0.2, -0.15) is 10.2 Å². The van der Waals surface area contributed by atoms with Crippen LogP contribution in [0, 0.1) is 0 Å². The molecule has 2 N–H and O–H groups in total. The molecule has 0 saturated heterocycles. The van der Waals surface area contributed by atoms with E-state index in [0.29, 0.717) is 18.0 Å². The molecule has 6 nitrogen and oxygen atoms in total. The van der Waals surface area contributed by atoms with E-state index in [0.717, 1.165) is 30.5 Å². The molecule has 0 aromatic carbocycles. The molecule has 118 valence electrons. The van der Waals surface area contributed by atoms with Crippen LogP contribution >= 0.6 is 0 Å². The van der Waals surface area contributed by atoms with Crippen LogP contribution in [0.15, 0.2) is 18.6 Å². The number of nitrogens with one attached hydrogen (secondary N) is 2. The summed E-state index contributed by atoms with van der Waals surface area (Å²) >= 11 is 0. The predicted octanol–water partition coefficient (Wildman–Crippen LogP) is 2.16. The summed E-state index contributed by atoms with van der Waals surface area (Å²) in [4.78, 5) is 12.4. The number of carbonyl (C=O) groups excluding carboxylic acids is 1. The average Bonchev–Trinajstić information content (AvgIpc) is 3.17. The number of carbonyl (C=O) groups is 1. The van der Waals surface area contributed by atoms with Gasteiger partial charge in [0.15, 0.2) is 0 Å². The molecule has 0 bridgehead atoms. The Bertz CT molecular complexity index is 624. The maximum atomic E-state index is 12.4. The van der Waals surface area contributed by atoms with Crippen molar-refractivity contribution in [3.63, 3.8) is 0 Å². The smallest absolute Gasteiger partial charge is 0.254 e. The van der Waals surface area contributed by atoms with Crippen LogP contribution in [-0.2, 0) is 13.5 Å². The van der Waals surface area contributed by atoms with E-state index in [-0.39, 0.29) is 5.91 Å². The highest BCUT2D eigenvalue weighted by molar-refractivity contribution is 5.95. The van der Waals surface area contributed by atoms with Crippen LogP contribution < -0.4 is 5.32 Å². The molecule has 0 aliphatic heterocycles. The first-order chi connectivity index (χ1) is 10.7. The Morgan fingerprint density at radius 2 is 2.18 bits per heavy atom. The molecule has 0 radical (unpaired) electrons. The Kier molecular flexibility index (Phi) is 4.56. The second-order valence-corrected chi connectivity index (χ2v) is 6.06. The van der Waals surface area contributed by atoms with Gasteiger partial charge in [0.25, 0.3) is 5.91 Å². The van der Waals surface area contributed by atoms with Gasteiger partial charge in [-0.25, -0.2) is 0 Å². The quantitative estimate of drug-likeness (QED) is 0.888. The molecular weight excluding hydrogens is 278 g/mol. The predicted molar refractivity (Wildman–Crippen MR) is 83.7 cm³/mol. The topological polar surface area (TPSA) is 75.6 Å². The lowest BCUT2D eigenvalue weighted by atomic mass is 9.85. The molecule has 2 heterocycles. The van der Waals surface area contributed by atoms with E-state index in [4.69, 9.17) is 0 Å². The number of hydrogen-bond donors (Lipinski definition) is 2. The normalized spacial score (nSPS) is 15.9. The van der Waals surface area contributed by atoms with Gasteiger partial charge in [0, 0.05) is 25.7 Å². The Morgan fingerprint density at radius 1 is 1.36 bits per heavy atom. The van der Waals surface area contributed by atoms with Crippen molar-refractivity contribution >= 4 is 5.91 Å². The van der Waals surface area contributed by atoms with Crippen molar-refractivity contribution in [2.45, 2.75) is 44.4 Å². The van der Waals surface area contributed by atoms with Crippen molar-refractivity contribution in [2.24, 2.45) is 7.05 Å². The highest BCUT2D eigenvalue weighted by Gasteiger charge is 2.23. The summed E-state index contributed by atoms with van der Waals surface area (Å²) in [6.45, 7) is 0.611. The zero-order chi connectivity index (χ0) is 15.4. The summed E-state index contributed by atoms with van der Waals surface area (Å²) in [5.74, 6) is 0.425. The third-order valence-electron chi connectivity index (χ3n) is 4.38. The van der Waals surface area contributed by atoms with E-state index in [1.54, 1.807) is 10.9 Å². The lowest BCUT2D eigenvalue weighted by Gasteiger charge is -2.21. The van der Waals surface area contributed by atoms with Crippen molar-refractivity contribution in [3.05, 3.63) is 35.4 Å². The van der Waals surface area contributed by atoms with Crippen molar-refractivity contribution in [2.75, 3.05) is 6.54 Å². The lowest BCUT2D eigenvalue weighted by Crippen LogP contribution is -2.26. The summed E-state index contributed by atoms with van der Waals surface area (Å²) in [5, 5.41) is 14.2. The Balaban J connectivity index is 1.57. The van der Waals surface area contributed by atoms with Gasteiger partial charge in [-0.05, 0) is 24.8 Å². The van der Waals surface area contributed by atoms with Crippen LogP contribution in [0.25, 0.3) is 0 Å². The number of aryl methyl sites for hydroxylation is 1. The second-order valence-electron chi connectivity index (χ2n) is 6.06. The van der Waals surface area contributed by atoms with Gasteiger partial charge < -0.3 is 5.32 Å². The Hall–Kier alpha value is -2.11. The van der Waals surface area contributed by atoms with E-state index in [2.05, 4.69) is 20.6 Å². The van der Waals surface area contributed by atoms with Gasteiger partial charge in [-0.15, -0.1) is 0 Å². The van der Waals surface area contributed by atoms with Crippen molar-refractivity contribution in [3.8, 4) is 0 Å². The van der Waals surface area contributed by atoms with Gasteiger partial charge in [-0.1, -0.05) is 19.3 Å². The molecule has 1 aliphatic rings. The van der Waals surface area contributed by atoms with Gasteiger partial charge in [0.1, 0.15) is 0 Å². The van der Waals surface area contributed by atoms with Crippen LogP contribution in [0.2, 0.25) is 0 Å². The van der Waals surface area contributed by atoms with Crippen LogP contribution in [0.4, 0.5) is 0 Å². The van der Waals surface area contributed by atoms with Gasteiger partial charge in [0.05, 0.1) is 23.7 Å². The number of rotatable bonds is 5. The molecule has 0 atom stereocenters. The van der Waals surface area contributed by atoms with E-state index >= 15 is 0 Å². The summed E-state index contributed by atoms with van der Waals surface area (Å²) in [7, 11) is 1.89. The highest BCUT2D eigenvalue weighted by Crippen LogP contribution is 2.33. The summed E-state index contributed by atoms with van der Waals surface area (Å²) in [5.41, 5.74) is 2.85. The third-order valence-corrected chi connectivity index (χ3v) is 4.38. The molecule has 22 heavy (non-hydrogen) atoms. The number of H-pyrrole nitrogens is 1. The van der Waals surface area contributed by atoms with Crippen LogP contribution in [-0.4, -0.2) is 32.4 Å². The summed E-state index contributed by atoms with van der Waals surface area (Å²) in [6.07, 6.45) is 12.3. The zero-order valence-corrected chi connectivity index (χ0v) is 13.0. The minimum atomic E-state index is -0.0294. The molecule has 1 amide bonds. The van der Waals surface area contributed by atoms with Crippen LogP contribution in [0.1, 0.15) is 59.6 Å². The number of aromatic amines is 1. The van der Waals surface area contributed by atoms with E-state index < -0.39 is 0 Å². The maximum absolute atomic E-state index is 12.4. The first-order valence-electron chi connectivity index (χ1n) is 8.03. The van der Waals surface area contributed by atoms with Crippen molar-refractivity contribution in [1.82, 2.24) is 25.3 Å². The molecule has 0 spiro atoms. The van der Waals surface area contributed by atoms with Gasteiger partial charge in [0.2, 0.25) is 0 Å². The van der Waals surface area contributed by atoms with Crippen molar-refractivity contribution in [1.29, 1.82) is 0 Å². The van der Waals surface area contributed by atoms with Crippen LogP contribution in [0.5, 0.6) is 0 Å². The maximum Gasteiger partial charge on any atom is 0.254 e. The molecule has 1 saturated carbocycles. The lowest BCUT2D eigenvalue weighted by molar-refractivity contribution is 0.0952. The Labute approximate surface area is 130 Å². The fraction of sp³-hybridized carbons (Fsp3) is 0.562. The number of amides is 1. The van der Waals surface area contributed by atoms with E-state index in [1.165, 1.54) is 19.3 Å². The fourth-order valence-electron chi connectivity index (χ4n) is 3.20. The highest BCUT2D eigenvalue weighted by atomic mass is 16.1. The number of nitrogens with zero attached hydrogens (tertiary/aromatic N) is 3. The summed E-state index contributed by atoms with van der Waals surface area (Å²) < 4.78 is 1.77. The summed E-state index contributed by atoms with van der Waals surface area (Å²) in [6, 6.07) is 0. The van der Waals surface area contributed by atoms with Gasteiger partial charge >= 0.3 is 0 Å². The third kappa shape index (κ3) is 3.37. The minimum absolute atomic E-state index is 0.0294. The molecule has 2 aromatic heterocycles. The van der Waals surface area contributed by atoms with E-state index in [9.17, 15) is 4.79 Å². The zero-order valence-electron chi connectivity index (χ0n) is 13.0. The number of hydrogen-bond acceptors (Lipinski definition) is 3. The van der Waals surface area contributed by atoms with Crippen molar-refractivity contribution < 1.29 is 4.79 Å². The fourth-order valence-corrected chi connectivity index (χ4v) is 3.20. The standard InChI is InChI=1S/C16H23N5O/c1-21-11-12(9-19-21)7-8-17-16(22)14-10-18-20-15(14)13-5-3-2-4-6-13/h9-11,13H,2-8H2,1H3,(H,17,22)(H,18,20). The van der Waals surface area contributed by atoms with Gasteiger partial charge in [-0.3, -0.25) is 14.6 Å². The first-order valence-corrected chi connectivity index (χ1v) is 8.03. The SMILES string of the molecule is Cn1cc(CCNC(=O)c2cn[nH]c2C2CCCCC2)cn1. The largest absolute Gasteiger partial charge is 0.352 e. The molecule has 0 unspecified atom stereocenters. The number of aromatic nitrogens is 4. The van der Waals surface area contributed by atoms with E-state index in [1.807, 2.05) is 19.4 Å². The molecule has 6 heteroatoms. The van der Waals surface area contributed by atoms with Crippen LogP contribution in [0.3, 0.4) is 0 Å². The average molecular weight is 301 g/mol. The molecular formula is C16H23N5O. The molecule has 1 fully saturated rings. The monoisotopic (exact) mass is 301 g/mol. The molecule has 1 aliphatic carbocycles. The second kappa shape index (κ2) is 6.77. The molecule has 2 aromatic rings. The first kappa shape index (κ1) is 14.8. The Morgan fingerprint density at radius 3 is 2.91 bits per heavy atom. The minimum Gasteiger partial charge on any atom is -0.352 e.